The van der Waals surface area contributed by atoms with Crippen molar-refractivity contribution < 1.29 is 23.9 Å². The first-order valence-electron chi connectivity index (χ1n) is 8.00. The van der Waals surface area contributed by atoms with Crippen molar-refractivity contribution >= 4 is 11.6 Å². The maximum absolute atomic E-state index is 12.3. The zero-order valence-electron chi connectivity index (χ0n) is 14.4. The quantitative estimate of drug-likeness (QED) is 0.819. The number of piperidine rings is 1. The van der Waals surface area contributed by atoms with E-state index in [0.717, 1.165) is 19.0 Å². The summed E-state index contributed by atoms with van der Waals surface area (Å²) >= 11 is 0. The Bertz CT molecular complexity index is 514. The summed E-state index contributed by atoms with van der Waals surface area (Å²) in [5, 5.41) is 2.93. The van der Waals surface area contributed by atoms with Crippen LogP contribution in [0.3, 0.4) is 0 Å². The number of quaternary nitrogens is 1. The molecule has 6 heteroatoms. The number of hydrogen-bond acceptors (Lipinski definition) is 4. The molecule has 1 amide bonds. The Morgan fingerprint density at radius 1 is 1.13 bits per heavy atom. The number of amides is 1. The van der Waals surface area contributed by atoms with Crippen molar-refractivity contribution in [1.82, 2.24) is 0 Å². The molecule has 1 aromatic carbocycles. The largest absolute Gasteiger partial charge is 0.493 e. The lowest BCUT2D eigenvalue weighted by Crippen LogP contribution is -3.14. The molecule has 0 spiro atoms. The minimum Gasteiger partial charge on any atom is -0.493 e. The highest BCUT2D eigenvalue weighted by molar-refractivity contribution is 5.92. The highest BCUT2D eigenvalue weighted by atomic mass is 16.5. The number of hydrogen-bond donors (Lipinski definition) is 2. The van der Waals surface area contributed by atoms with E-state index in [1.54, 1.807) is 33.5 Å². The fraction of sp³-hybridized carbons (Fsp3) is 0.588. The molecule has 1 aliphatic heterocycles. The summed E-state index contributed by atoms with van der Waals surface area (Å²) in [6.45, 7) is 4.88. The smallest absolute Gasteiger partial charge is 0.279 e. The fourth-order valence-electron chi connectivity index (χ4n) is 2.93. The van der Waals surface area contributed by atoms with Crippen LogP contribution in [0.1, 0.15) is 19.8 Å². The maximum atomic E-state index is 12.3. The van der Waals surface area contributed by atoms with Crippen LogP contribution in [-0.2, 0) is 4.79 Å². The van der Waals surface area contributed by atoms with Crippen molar-refractivity contribution in [2.45, 2.75) is 19.8 Å². The van der Waals surface area contributed by atoms with Gasteiger partial charge in [0.05, 0.1) is 34.4 Å². The van der Waals surface area contributed by atoms with Crippen molar-refractivity contribution in [3.63, 3.8) is 0 Å². The molecule has 1 saturated heterocycles. The molecule has 128 valence electrons. The molecule has 1 aromatic rings. The monoisotopic (exact) mass is 323 g/mol. The molecule has 0 unspecified atom stereocenters. The normalized spacial score (nSPS) is 20.7. The maximum Gasteiger partial charge on any atom is 0.279 e. The second-order valence-electron chi connectivity index (χ2n) is 6.07. The standard InChI is InChI=1S/C17H26N2O4/c1-12-5-7-19(8-6-12)11-16(20)18-13-9-14(21-2)17(23-4)15(10-13)22-3/h9-10,12H,5-8,11H2,1-4H3,(H,18,20)/p+1. The predicted octanol–water partition coefficient (Wildman–Crippen LogP) is 0.966. The fourth-order valence-corrected chi connectivity index (χ4v) is 2.93. The van der Waals surface area contributed by atoms with Crippen LogP contribution in [0.15, 0.2) is 12.1 Å². The molecular formula is C17H27N2O4+. The van der Waals surface area contributed by atoms with Gasteiger partial charge in [0.25, 0.3) is 5.91 Å². The van der Waals surface area contributed by atoms with Crippen molar-refractivity contribution in [2.24, 2.45) is 5.92 Å². The summed E-state index contributed by atoms with van der Waals surface area (Å²) < 4.78 is 15.9. The first kappa shape index (κ1) is 17.4. The minimum atomic E-state index is 0.00354. The third kappa shape index (κ3) is 4.51. The van der Waals surface area contributed by atoms with Gasteiger partial charge in [0.15, 0.2) is 18.0 Å². The molecule has 0 aromatic heterocycles. The van der Waals surface area contributed by atoms with Crippen LogP contribution in [0.25, 0.3) is 0 Å². The van der Waals surface area contributed by atoms with Crippen LogP contribution in [0.4, 0.5) is 5.69 Å². The molecule has 0 bridgehead atoms. The number of methoxy groups -OCH3 is 3. The number of carbonyl (C=O) groups is 1. The van der Waals surface area contributed by atoms with Crippen LogP contribution >= 0.6 is 0 Å². The van der Waals surface area contributed by atoms with Crippen LogP contribution in [0, 0.1) is 5.92 Å². The van der Waals surface area contributed by atoms with E-state index in [2.05, 4.69) is 12.2 Å². The first-order valence-corrected chi connectivity index (χ1v) is 8.00. The summed E-state index contributed by atoms with van der Waals surface area (Å²) in [4.78, 5) is 13.6. The molecule has 0 atom stereocenters. The van der Waals surface area contributed by atoms with Gasteiger partial charge in [-0.15, -0.1) is 0 Å². The van der Waals surface area contributed by atoms with Gasteiger partial charge in [0.2, 0.25) is 5.75 Å². The summed E-state index contributed by atoms with van der Waals surface area (Å²) in [5.41, 5.74) is 0.647. The lowest BCUT2D eigenvalue weighted by atomic mass is 9.99. The molecule has 0 saturated carbocycles. The average molecular weight is 323 g/mol. The van der Waals surface area contributed by atoms with Crippen LogP contribution in [0.2, 0.25) is 0 Å². The third-order valence-electron chi connectivity index (χ3n) is 4.34. The van der Waals surface area contributed by atoms with Crippen molar-refractivity contribution in [1.29, 1.82) is 0 Å². The highest BCUT2D eigenvalue weighted by Crippen LogP contribution is 2.39. The Kier molecular flexibility index (Phi) is 6.10. The van der Waals surface area contributed by atoms with E-state index in [-0.39, 0.29) is 5.91 Å². The summed E-state index contributed by atoms with van der Waals surface area (Å²) in [5.74, 6) is 2.35. The Balaban J connectivity index is 2.02. The van der Waals surface area contributed by atoms with Gasteiger partial charge in [-0.3, -0.25) is 4.79 Å². The zero-order valence-corrected chi connectivity index (χ0v) is 14.4. The second-order valence-corrected chi connectivity index (χ2v) is 6.07. The van der Waals surface area contributed by atoms with Gasteiger partial charge in [-0.05, 0) is 18.8 Å². The number of anilines is 1. The van der Waals surface area contributed by atoms with E-state index in [1.807, 2.05) is 0 Å². The van der Waals surface area contributed by atoms with Crippen molar-refractivity contribution in [3.05, 3.63) is 12.1 Å². The molecular weight excluding hydrogens is 296 g/mol. The molecule has 1 aliphatic rings. The minimum absolute atomic E-state index is 0.00354. The van der Waals surface area contributed by atoms with Gasteiger partial charge in [-0.2, -0.15) is 0 Å². The Morgan fingerprint density at radius 3 is 2.17 bits per heavy atom. The average Bonchev–Trinajstić information content (AvgIpc) is 2.55. The second kappa shape index (κ2) is 8.06. The van der Waals surface area contributed by atoms with E-state index >= 15 is 0 Å². The Hall–Kier alpha value is -1.95. The van der Waals surface area contributed by atoms with E-state index < -0.39 is 0 Å². The molecule has 0 aliphatic carbocycles. The van der Waals surface area contributed by atoms with Gasteiger partial charge in [0.1, 0.15) is 0 Å². The van der Waals surface area contributed by atoms with Gasteiger partial charge in [-0.25, -0.2) is 0 Å². The highest BCUT2D eigenvalue weighted by Gasteiger charge is 2.22. The van der Waals surface area contributed by atoms with E-state index in [0.29, 0.717) is 29.5 Å². The van der Waals surface area contributed by atoms with E-state index in [4.69, 9.17) is 14.2 Å². The molecule has 1 heterocycles. The SMILES string of the molecule is COc1cc(NC(=O)C[NH+]2CCC(C)CC2)cc(OC)c1OC. The number of benzene rings is 1. The van der Waals surface area contributed by atoms with Gasteiger partial charge < -0.3 is 24.4 Å². The molecule has 1 fully saturated rings. The van der Waals surface area contributed by atoms with Crippen LogP contribution < -0.4 is 24.4 Å². The molecule has 23 heavy (non-hydrogen) atoms. The lowest BCUT2D eigenvalue weighted by molar-refractivity contribution is -0.897. The van der Waals surface area contributed by atoms with Gasteiger partial charge in [0, 0.05) is 17.8 Å². The van der Waals surface area contributed by atoms with Crippen molar-refractivity contribution in [2.75, 3.05) is 46.3 Å². The van der Waals surface area contributed by atoms with Crippen LogP contribution in [-0.4, -0.2) is 46.9 Å². The van der Waals surface area contributed by atoms with Crippen molar-refractivity contribution in [3.8, 4) is 17.2 Å². The molecule has 6 nitrogen and oxygen atoms in total. The lowest BCUT2D eigenvalue weighted by Gasteiger charge is -2.26. The third-order valence-corrected chi connectivity index (χ3v) is 4.34. The number of likely N-dealkylation sites (tertiary alicyclic amines) is 1. The number of nitrogens with one attached hydrogen (secondary N) is 2. The molecule has 2 N–H and O–H groups in total. The van der Waals surface area contributed by atoms with E-state index in [9.17, 15) is 4.79 Å². The number of rotatable bonds is 6. The van der Waals surface area contributed by atoms with E-state index in [1.165, 1.54) is 17.7 Å². The van der Waals surface area contributed by atoms with Gasteiger partial charge in [-0.1, -0.05) is 6.92 Å². The Morgan fingerprint density at radius 2 is 1.70 bits per heavy atom. The predicted molar refractivity (Wildman–Crippen MR) is 88.7 cm³/mol. The first-order chi connectivity index (χ1) is 11.1. The number of ether oxygens (including phenoxy) is 3. The number of carbonyl (C=O) groups excluding carboxylic acids is 1. The summed E-state index contributed by atoms with van der Waals surface area (Å²) in [6.07, 6.45) is 2.37. The summed E-state index contributed by atoms with van der Waals surface area (Å²) in [6, 6.07) is 3.49. The molecule has 2 rings (SSSR count). The zero-order chi connectivity index (χ0) is 16.8. The summed E-state index contributed by atoms with van der Waals surface area (Å²) in [7, 11) is 4.67. The Labute approximate surface area is 137 Å². The topological polar surface area (TPSA) is 61.2 Å². The van der Waals surface area contributed by atoms with Gasteiger partial charge >= 0.3 is 0 Å². The molecule has 0 radical (unpaired) electrons. The van der Waals surface area contributed by atoms with Crippen LogP contribution in [0.5, 0.6) is 17.2 Å².